The van der Waals surface area contributed by atoms with E-state index in [0.29, 0.717) is 6.04 Å². The third kappa shape index (κ3) is 1.46. The zero-order valence-corrected chi connectivity index (χ0v) is 8.20. The molecule has 0 aromatic carbocycles. The van der Waals surface area contributed by atoms with Crippen molar-refractivity contribution in [2.75, 3.05) is 7.05 Å². The van der Waals surface area contributed by atoms with Crippen LogP contribution in [0.2, 0.25) is 0 Å². The van der Waals surface area contributed by atoms with Crippen molar-refractivity contribution in [2.24, 2.45) is 11.7 Å². The lowest BCUT2D eigenvalue weighted by atomic mass is 9.85. The van der Waals surface area contributed by atoms with Crippen molar-refractivity contribution in [3.05, 3.63) is 0 Å². The largest absolute Gasteiger partial charge is 0.368 e. The molecule has 0 spiro atoms. The highest BCUT2D eigenvalue weighted by Gasteiger charge is 2.41. The van der Waals surface area contributed by atoms with E-state index in [1.165, 1.54) is 25.7 Å². The number of rotatable bonds is 1. The van der Waals surface area contributed by atoms with Crippen molar-refractivity contribution >= 4 is 5.91 Å². The molecule has 1 saturated heterocycles. The number of likely N-dealkylation sites (N-methyl/N-ethyl adjacent to an activating group) is 1. The maximum atomic E-state index is 11.1. The maximum absolute atomic E-state index is 11.1. The fraction of sp³-hybridized carbons (Fsp3) is 0.900. The Hall–Kier alpha value is -0.570. The first-order chi connectivity index (χ1) is 6.20. The Kier molecular flexibility index (Phi) is 2.28. The molecule has 0 aromatic heterocycles. The highest BCUT2D eigenvalue weighted by molar-refractivity contribution is 5.80. The number of nitrogens with zero attached hydrogens (tertiary/aromatic N) is 1. The van der Waals surface area contributed by atoms with Crippen LogP contribution in [0.25, 0.3) is 0 Å². The second-order valence-electron chi connectivity index (χ2n) is 4.43. The van der Waals surface area contributed by atoms with Gasteiger partial charge in [0.2, 0.25) is 5.91 Å². The van der Waals surface area contributed by atoms with Gasteiger partial charge in [-0.1, -0.05) is 12.8 Å². The summed E-state index contributed by atoms with van der Waals surface area (Å²) in [6.45, 7) is 0. The van der Waals surface area contributed by atoms with E-state index in [-0.39, 0.29) is 11.9 Å². The van der Waals surface area contributed by atoms with Crippen LogP contribution in [-0.4, -0.2) is 29.9 Å². The lowest BCUT2D eigenvalue weighted by molar-refractivity contribution is -0.122. The van der Waals surface area contributed by atoms with Crippen LogP contribution in [0.15, 0.2) is 0 Å². The summed E-state index contributed by atoms with van der Waals surface area (Å²) in [4.78, 5) is 13.3. The summed E-state index contributed by atoms with van der Waals surface area (Å²) in [6, 6.07) is 0.638. The summed E-state index contributed by atoms with van der Waals surface area (Å²) in [5.41, 5.74) is 5.36. The lowest BCUT2D eigenvalue weighted by Crippen LogP contribution is -2.41. The van der Waals surface area contributed by atoms with Gasteiger partial charge in [-0.05, 0) is 32.2 Å². The van der Waals surface area contributed by atoms with Crippen LogP contribution in [0.1, 0.15) is 32.1 Å². The van der Waals surface area contributed by atoms with Crippen molar-refractivity contribution < 1.29 is 4.79 Å². The molecule has 0 unspecified atom stereocenters. The van der Waals surface area contributed by atoms with E-state index < -0.39 is 0 Å². The van der Waals surface area contributed by atoms with E-state index >= 15 is 0 Å². The van der Waals surface area contributed by atoms with Crippen molar-refractivity contribution in [3.63, 3.8) is 0 Å². The quantitative estimate of drug-likeness (QED) is 0.650. The molecule has 3 nitrogen and oxygen atoms in total. The molecular formula is C10H18N2O. The SMILES string of the molecule is CN1[C@H](C(N)=O)C[C@@H]2CCCC[C@@H]21. The summed E-state index contributed by atoms with van der Waals surface area (Å²) in [7, 11) is 2.05. The number of primary amides is 1. The van der Waals surface area contributed by atoms with Crippen LogP contribution in [-0.2, 0) is 4.79 Å². The fourth-order valence-corrected chi connectivity index (χ4v) is 3.00. The average molecular weight is 182 g/mol. The minimum atomic E-state index is -0.142. The number of carbonyl (C=O) groups excluding carboxylic acids is 1. The van der Waals surface area contributed by atoms with Crippen molar-refractivity contribution in [1.29, 1.82) is 0 Å². The third-order valence-electron chi connectivity index (χ3n) is 3.74. The Morgan fingerprint density at radius 3 is 2.69 bits per heavy atom. The number of likely N-dealkylation sites (tertiary alicyclic amines) is 1. The van der Waals surface area contributed by atoms with Gasteiger partial charge in [0.05, 0.1) is 6.04 Å². The van der Waals surface area contributed by atoms with Crippen LogP contribution < -0.4 is 5.73 Å². The first-order valence-electron chi connectivity index (χ1n) is 5.21. The van der Waals surface area contributed by atoms with Gasteiger partial charge >= 0.3 is 0 Å². The normalized spacial score (nSPS) is 40.2. The van der Waals surface area contributed by atoms with Crippen LogP contribution in [0.5, 0.6) is 0 Å². The van der Waals surface area contributed by atoms with E-state index in [9.17, 15) is 4.79 Å². The standard InChI is InChI=1S/C10H18N2O/c1-12-8-5-3-2-4-7(8)6-9(12)10(11)13/h7-9H,2-6H2,1H3,(H2,11,13)/t7-,8-,9-/m0/s1. The molecule has 2 fully saturated rings. The van der Waals surface area contributed by atoms with E-state index in [0.717, 1.165) is 12.3 Å². The third-order valence-corrected chi connectivity index (χ3v) is 3.74. The fourth-order valence-electron chi connectivity index (χ4n) is 3.00. The Morgan fingerprint density at radius 1 is 1.38 bits per heavy atom. The first kappa shape index (κ1) is 9.00. The molecule has 2 aliphatic rings. The highest BCUT2D eigenvalue weighted by Crippen LogP contribution is 2.38. The van der Waals surface area contributed by atoms with E-state index in [1.54, 1.807) is 0 Å². The van der Waals surface area contributed by atoms with Crippen LogP contribution in [0, 0.1) is 5.92 Å². The van der Waals surface area contributed by atoms with Gasteiger partial charge in [-0.25, -0.2) is 0 Å². The molecular weight excluding hydrogens is 164 g/mol. The summed E-state index contributed by atoms with van der Waals surface area (Å²) >= 11 is 0. The van der Waals surface area contributed by atoms with E-state index in [2.05, 4.69) is 4.90 Å². The predicted molar refractivity (Wildman–Crippen MR) is 51.1 cm³/mol. The van der Waals surface area contributed by atoms with Gasteiger partial charge in [0.25, 0.3) is 0 Å². The molecule has 1 heterocycles. The summed E-state index contributed by atoms with van der Waals surface area (Å²) in [5, 5.41) is 0. The van der Waals surface area contributed by atoms with Crippen molar-refractivity contribution in [3.8, 4) is 0 Å². The number of carbonyl (C=O) groups is 1. The van der Waals surface area contributed by atoms with Gasteiger partial charge in [-0.2, -0.15) is 0 Å². The molecule has 1 aliphatic carbocycles. The Morgan fingerprint density at radius 2 is 2.08 bits per heavy atom. The maximum Gasteiger partial charge on any atom is 0.234 e. The number of hydrogen-bond acceptors (Lipinski definition) is 2. The molecule has 1 aliphatic heterocycles. The van der Waals surface area contributed by atoms with Gasteiger partial charge < -0.3 is 5.73 Å². The van der Waals surface area contributed by atoms with Crippen LogP contribution in [0.4, 0.5) is 0 Å². The van der Waals surface area contributed by atoms with E-state index in [1.807, 2.05) is 7.05 Å². The monoisotopic (exact) mass is 182 g/mol. The Balaban J connectivity index is 2.09. The smallest absolute Gasteiger partial charge is 0.234 e. The van der Waals surface area contributed by atoms with Gasteiger partial charge in [0, 0.05) is 6.04 Å². The van der Waals surface area contributed by atoms with Crippen molar-refractivity contribution in [2.45, 2.75) is 44.2 Å². The second kappa shape index (κ2) is 3.29. The molecule has 0 aromatic rings. The predicted octanol–water partition coefficient (Wildman–Crippen LogP) is 0.735. The second-order valence-corrected chi connectivity index (χ2v) is 4.43. The van der Waals surface area contributed by atoms with Gasteiger partial charge in [0.15, 0.2) is 0 Å². The Bertz CT molecular complexity index is 217. The van der Waals surface area contributed by atoms with Gasteiger partial charge in [-0.3, -0.25) is 9.69 Å². The Labute approximate surface area is 79.3 Å². The van der Waals surface area contributed by atoms with Crippen molar-refractivity contribution in [1.82, 2.24) is 4.90 Å². The highest BCUT2D eigenvalue weighted by atomic mass is 16.1. The molecule has 1 saturated carbocycles. The average Bonchev–Trinajstić information content (AvgIpc) is 2.45. The number of nitrogens with two attached hydrogens (primary N) is 1. The molecule has 2 N–H and O–H groups in total. The molecule has 1 amide bonds. The number of amides is 1. The molecule has 0 radical (unpaired) electrons. The minimum Gasteiger partial charge on any atom is -0.368 e. The lowest BCUT2D eigenvalue weighted by Gasteiger charge is -2.29. The van der Waals surface area contributed by atoms with E-state index in [4.69, 9.17) is 5.73 Å². The number of hydrogen-bond donors (Lipinski definition) is 1. The molecule has 13 heavy (non-hydrogen) atoms. The topological polar surface area (TPSA) is 46.3 Å². The zero-order valence-electron chi connectivity index (χ0n) is 8.20. The summed E-state index contributed by atoms with van der Waals surface area (Å²) in [6.07, 6.45) is 6.19. The summed E-state index contributed by atoms with van der Waals surface area (Å²) in [5.74, 6) is 0.591. The minimum absolute atomic E-state index is 0.00750. The molecule has 74 valence electrons. The van der Waals surface area contributed by atoms with Crippen LogP contribution in [0.3, 0.4) is 0 Å². The summed E-state index contributed by atoms with van der Waals surface area (Å²) < 4.78 is 0. The zero-order chi connectivity index (χ0) is 9.42. The molecule has 3 heteroatoms. The molecule has 3 atom stereocenters. The van der Waals surface area contributed by atoms with Gasteiger partial charge in [-0.15, -0.1) is 0 Å². The number of fused-ring (bicyclic) bond motifs is 1. The first-order valence-corrected chi connectivity index (χ1v) is 5.21. The molecule has 0 bridgehead atoms. The van der Waals surface area contributed by atoms with Gasteiger partial charge in [0.1, 0.15) is 0 Å². The van der Waals surface area contributed by atoms with Crippen LogP contribution >= 0.6 is 0 Å². The molecule has 2 rings (SSSR count).